The van der Waals surface area contributed by atoms with E-state index in [9.17, 15) is 13.2 Å². The van der Waals surface area contributed by atoms with Crippen molar-refractivity contribution in [2.24, 2.45) is 0 Å². The third-order valence-corrected chi connectivity index (χ3v) is 6.24. The van der Waals surface area contributed by atoms with Crippen molar-refractivity contribution in [1.82, 2.24) is 0 Å². The molecule has 0 atom stereocenters. The van der Waals surface area contributed by atoms with Crippen LogP contribution in [0.3, 0.4) is 0 Å². The van der Waals surface area contributed by atoms with E-state index in [0.29, 0.717) is 17.1 Å². The molecule has 4 aromatic rings. The van der Waals surface area contributed by atoms with Crippen molar-refractivity contribution in [2.45, 2.75) is 11.8 Å². The van der Waals surface area contributed by atoms with Crippen molar-refractivity contribution in [3.8, 4) is 5.75 Å². The molecule has 4 aromatic carbocycles. The Labute approximate surface area is 186 Å². The number of aryl methyl sites for hydroxylation is 1. The molecule has 0 heterocycles. The smallest absolute Gasteiger partial charge is 0.262 e. The highest BCUT2D eigenvalue weighted by molar-refractivity contribution is 7.92. The summed E-state index contributed by atoms with van der Waals surface area (Å²) in [6, 6.07) is 26.5. The van der Waals surface area contributed by atoms with Crippen LogP contribution in [0.15, 0.2) is 95.9 Å². The molecule has 0 unspecified atom stereocenters. The summed E-state index contributed by atoms with van der Waals surface area (Å²) in [4.78, 5) is 12.4. The first-order chi connectivity index (χ1) is 15.4. The van der Waals surface area contributed by atoms with E-state index in [1.165, 1.54) is 24.3 Å². The number of benzene rings is 4. The molecule has 4 rings (SSSR count). The molecule has 7 heteroatoms. The average molecular weight is 447 g/mol. The molecule has 1 amide bonds. The summed E-state index contributed by atoms with van der Waals surface area (Å²) in [5.41, 5.74) is 2.16. The standard InChI is InChI=1S/C25H22N2O4S/c1-18-6-4-9-20(16-18)27-32(29,30)22-14-12-21(13-15-22)31-17-25(28)26-24-11-5-8-19-7-2-3-10-23(19)24/h2-16,27H,17H2,1H3,(H,26,28). The van der Waals surface area contributed by atoms with Crippen LogP contribution in [0.25, 0.3) is 10.8 Å². The van der Waals surface area contributed by atoms with Gasteiger partial charge in [-0.2, -0.15) is 0 Å². The van der Waals surface area contributed by atoms with Gasteiger partial charge in [-0.15, -0.1) is 0 Å². The van der Waals surface area contributed by atoms with Crippen LogP contribution < -0.4 is 14.8 Å². The van der Waals surface area contributed by atoms with Crippen LogP contribution in [0.4, 0.5) is 11.4 Å². The Morgan fingerprint density at radius 2 is 1.59 bits per heavy atom. The highest BCUT2D eigenvalue weighted by Crippen LogP contribution is 2.23. The molecule has 6 nitrogen and oxygen atoms in total. The quantitative estimate of drug-likeness (QED) is 0.420. The van der Waals surface area contributed by atoms with Gasteiger partial charge >= 0.3 is 0 Å². The zero-order valence-electron chi connectivity index (χ0n) is 17.4. The van der Waals surface area contributed by atoms with Crippen molar-refractivity contribution in [2.75, 3.05) is 16.6 Å². The summed E-state index contributed by atoms with van der Waals surface area (Å²) in [7, 11) is -3.72. The van der Waals surface area contributed by atoms with Crippen LogP contribution in [0.5, 0.6) is 5.75 Å². The number of carbonyl (C=O) groups excluding carboxylic acids is 1. The molecule has 2 N–H and O–H groups in total. The van der Waals surface area contributed by atoms with E-state index in [2.05, 4.69) is 10.0 Å². The highest BCUT2D eigenvalue weighted by atomic mass is 32.2. The van der Waals surface area contributed by atoms with E-state index in [1.54, 1.807) is 18.2 Å². The largest absolute Gasteiger partial charge is 0.484 e. The maximum Gasteiger partial charge on any atom is 0.262 e. The lowest BCUT2D eigenvalue weighted by molar-refractivity contribution is -0.118. The molecule has 0 aliphatic rings. The fourth-order valence-electron chi connectivity index (χ4n) is 3.31. The number of amides is 1. The Balaban J connectivity index is 1.38. The first-order valence-corrected chi connectivity index (χ1v) is 11.5. The number of nitrogens with one attached hydrogen (secondary N) is 2. The monoisotopic (exact) mass is 446 g/mol. The number of ether oxygens (including phenoxy) is 1. The summed E-state index contributed by atoms with van der Waals surface area (Å²) >= 11 is 0. The lowest BCUT2D eigenvalue weighted by Crippen LogP contribution is -2.20. The van der Waals surface area contributed by atoms with E-state index in [1.807, 2.05) is 55.5 Å². The Hall–Kier alpha value is -3.84. The van der Waals surface area contributed by atoms with Gasteiger partial charge < -0.3 is 10.1 Å². The number of sulfonamides is 1. The van der Waals surface area contributed by atoms with Gasteiger partial charge in [0.1, 0.15) is 5.75 Å². The van der Waals surface area contributed by atoms with E-state index < -0.39 is 10.0 Å². The third-order valence-electron chi connectivity index (χ3n) is 4.84. The first kappa shape index (κ1) is 21.4. The van der Waals surface area contributed by atoms with Gasteiger partial charge in [0, 0.05) is 16.8 Å². The summed E-state index contributed by atoms with van der Waals surface area (Å²) in [6.07, 6.45) is 0. The number of hydrogen-bond donors (Lipinski definition) is 2. The normalized spacial score (nSPS) is 11.2. The maximum atomic E-state index is 12.6. The molecule has 0 bridgehead atoms. The number of anilines is 2. The number of hydrogen-bond acceptors (Lipinski definition) is 4. The predicted molar refractivity (Wildman–Crippen MR) is 127 cm³/mol. The molecule has 0 spiro atoms. The fourth-order valence-corrected chi connectivity index (χ4v) is 4.36. The molecule has 0 aliphatic carbocycles. The summed E-state index contributed by atoms with van der Waals surface area (Å²) in [6.45, 7) is 1.69. The molecule has 0 aromatic heterocycles. The average Bonchev–Trinajstić information content (AvgIpc) is 2.78. The van der Waals surface area contributed by atoms with Gasteiger partial charge in [-0.1, -0.05) is 48.5 Å². The van der Waals surface area contributed by atoms with Crippen LogP contribution in [-0.4, -0.2) is 20.9 Å². The minimum Gasteiger partial charge on any atom is -0.484 e. The molecule has 162 valence electrons. The lowest BCUT2D eigenvalue weighted by atomic mass is 10.1. The molecule has 0 fully saturated rings. The molecule has 0 saturated carbocycles. The zero-order chi connectivity index (χ0) is 22.6. The Kier molecular flexibility index (Phi) is 6.09. The van der Waals surface area contributed by atoms with Crippen LogP contribution in [0.1, 0.15) is 5.56 Å². The van der Waals surface area contributed by atoms with Crippen LogP contribution in [-0.2, 0) is 14.8 Å². The molecular weight excluding hydrogens is 424 g/mol. The number of carbonyl (C=O) groups is 1. The topological polar surface area (TPSA) is 84.5 Å². The van der Waals surface area contributed by atoms with Crippen molar-refractivity contribution in [3.63, 3.8) is 0 Å². The van der Waals surface area contributed by atoms with Gasteiger partial charge in [0.15, 0.2) is 6.61 Å². The van der Waals surface area contributed by atoms with Gasteiger partial charge in [-0.3, -0.25) is 9.52 Å². The zero-order valence-corrected chi connectivity index (χ0v) is 18.2. The summed E-state index contributed by atoms with van der Waals surface area (Å²) in [5, 5.41) is 4.83. The number of fused-ring (bicyclic) bond motifs is 1. The summed E-state index contributed by atoms with van der Waals surface area (Å²) in [5.74, 6) is 0.0896. The second-order valence-corrected chi connectivity index (χ2v) is 8.99. The predicted octanol–water partition coefficient (Wildman–Crippen LogP) is 4.97. The van der Waals surface area contributed by atoms with Gasteiger partial charge in [0.2, 0.25) is 0 Å². The van der Waals surface area contributed by atoms with Crippen molar-refractivity contribution in [3.05, 3.63) is 96.6 Å². The minimum atomic E-state index is -3.72. The van der Waals surface area contributed by atoms with Crippen molar-refractivity contribution >= 4 is 38.1 Å². The fraction of sp³-hybridized carbons (Fsp3) is 0.0800. The molecule has 0 aliphatic heterocycles. The highest BCUT2D eigenvalue weighted by Gasteiger charge is 2.14. The number of rotatable bonds is 7. The van der Waals surface area contributed by atoms with Crippen LogP contribution in [0.2, 0.25) is 0 Å². The van der Waals surface area contributed by atoms with E-state index in [-0.39, 0.29) is 17.4 Å². The van der Waals surface area contributed by atoms with Crippen molar-refractivity contribution < 1.29 is 17.9 Å². The second kappa shape index (κ2) is 9.11. The lowest BCUT2D eigenvalue weighted by Gasteiger charge is -2.11. The minimum absolute atomic E-state index is 0.103. The third kappa shape index (κ3) is 5.07. The Bertz CT molecular complexity index is 1360. The van der Waals surface area contributed by atoms with Gasteiger partial charge in [0.05, 0.1) is 4.90 Å². The summed E-state index contributed by atoms with van der Waals surface area (Å²) < 4.78 is 33.2. The van der Waals surface area contributed by atoms with E-state index in [4.69, 9.17) is 4.74 Å². The van der Waals surface area contributed by atoms with Gasteiger partial charge in [0.25, 0.3) is 15.9 Å². The Morgan fingerprint density at radius 1 is 0.875 bits per heavy atom. The van der Waals surface area contributed by atoms with Crippen molar-refractivity contribution in [1.29, 1.82) is 0 Å². The van der Waals surface area contributed by atoms with Crippen LogP contribution >= 0.6 is 0 Å². The molecule has 0 saturated heterocycles. The van der Waals surface area contributed by atoms with Crippen LogP contribution in [0, 0.1) is 6.92 Å². The second-order valence-electron chi connectivity index (χ2n) is 7.31. The Morgan fingerprint density at radius 3 is 2.38 bits per heavy atom. The molecular formula is C25H22N2O4S. The maximum absolute atomic E-state index is 12.6. The van der Waals surface area contributed by atoms with Gasteiger partial charge in [-0.05, 0) is 60.3 Å². The van der Waals surface area contributed by atoms with Gasteiger partial charge in [-0.25, -0.2) is 8.42 Å². The molecule has 32 heavy (non-hydrogen) atoms. The molecule has 0 radical (unpaired) electrons. The van der Waals surface area contributed by atoms with E-state index in [0.717, 1.165) is 16.3 Å². The SMILES string of the molecule is Cc1cccc(NS(=O)(=O)c2ccc(OCC(=O)Nc3cccc4ccccc34)cc2)c1. The first-order valence-electron chi connectivity index (χ1n) is 10.0. The van der Waals surface area contributed by atoms with E-state index >= 15 is 0 Å².